The van der Waals surface area contributed by atoms with Crippen LogP contribution in [0.4, 0.5) is 0 Å². The second kappa shape index (κ2) is 6.63. The Morgan fingerprint density at radius 1 is 0.926 bits per heavy atom. The summed E-state index contributed by atoms with van der Waals surface area (Å²) in [7, 11) is 0. The smallest absolute Gasteiger partial charge is 0.0392 e. The van der Waals surface area contributed by atoms with Gasteiger partial charge in [-0.15, -0.1) is 6.58 Å². The molecule has 0 spiro atoms. The van der Waals surface area contributed by atoms with Gasteiger partial charge in [0.05, 0.1) is 0 Å². The summed E-state index contributed by atoms with van der Waals surface area (Å²) in [6.45, 7) is 10.7. The van der Waals surface area contributed by atoms with Crippen molar-refractivity contribution in [2.24, 2.45) is 0 Å². The SMILES string of the molecule is C=C(C)C[C@H](c1ccc2ccc3cccc4ccc1c2c34)N1CCNCC1. The predicted octanol–water partition coefficient (Wildman–Crippen LogP) is 5.50. The van der Waals surface area contributed by atoms with Crippen LogP contribution in [0.25, 0.3) is 32.3 Å². The molecule has 0 unspecified atom stereocenters. The molecule has 2 nitrogen and oxygen atoms in total. The fourth-order valence-electron chi connectivity index (χ4n) is 4.81. The van der Waals surface area contributed by atoms with Gasteiger partial charge >= 0.3 is 0 Å². The van der Waals surface area contributed by atoms with Crippen molar-refractivity contribution in [3.63, 3.8) is 0 Å². The van der Waals surface area contributed by atoms with E-state index in [0.717, 1.165) is 32.6 Å². The lowest BCUT2D eigenvalue weighted by atomic mass is 9.88. The highest BCUT2D eigenvalue weighted by atomic mass is 15.2. The van der Waals surface area contributed by atoms with E-state index in [0.29, 0.717) is 6.04 Å². The highest BCUT2D eigenvalue weighted by molar-refractivity contribution is 6.23. The van der Waals surface area contributed by atoms with Gasteiger partial charge in [-0.1, -0.05) is 60.2 Å². The van der Waals surface area contributed by atoms with Crippen LogP contribution in [-0.4, -0.2) is 31.1 Å². The summed E-state index contributed by atoms with van der Waals surface area (Å²) in [5.41, 5.74) is 2.70. The minimum Gasteiger partial charge on any atom is -0.314 e. The molecular weight excluding hydrogens is 328 g/mol. The first-order valence-corrected chi connectivity index (χ1v) is 9.98. The molecule has 1 N–H and O–H groups in total. The van der Waals surface area contributed by atoms with Gasteiger partial charge < -0.3 is 5.32 Å². The topological polar surface area (TPSA) is 15.3 Å². The third-order valence-corrected chi connectivity index (χ3v) is 6.06. The van der Waals surface area contributed by atoms with E-state index in [1.54, 1.807) is 0 Å². The molecule has 5 rings (SSSR count). The maximum absolute atomic E-state index is 4.23. The van der Waals surface area contributed by atoms with Gasteiger partial charge in [0, 0.05) is 32.2 Å². The first-order chi connectivity index (χ1) is 13.2. The molecule has 0 aliphatic carbocycles. The third-order valence-electron chi connectivity index (χ3n) is 6.06. The van der Waals surface area contributed by atoms with Crippen LogP contribution in [0, 0.1) is 0 Å². The number of hydrogen-bond donors (Lipinski definition) is 1. The van der Waals surface area contributed by atoms with E-state index < -0.39 is 0 Å². The Morgan fingerprint density at radius 3 is 2.26 bits per heavy atom. The van der Waals surface area contributed by atoms with Gasteiger partial charge in [-0.2, -0.15) is 0 Å². The van der Waals surface area contributed by atoms with Crippen LogP contribution in [0.3, 0.4) is 0 Å². The van der Waals surface area contributed by atoms with Gasteiger partial charge in [0.15, 0.2) is 0 Å². The summed E-state index contributed by atoms with van der Waals surface area (Å²) in [6.07, 6.45) is 1.02. The Hall–Kier alpha value is -2.42. The largest absolute Gasteiger partial charge is 0.314 e. The zero-order valence-electron chi connectivity index (χ0n) is 16.0. The molecule has 0 amide bonds. The quantitative estimate of drug-likeness (QED) is 0.385. The molecule has 2 heteroatoms. The minimum atomic E-state index is 0.397. The molecule has 0 radical (unpaired) electrons. The Balaban J connectivity index is 1.76. The lowest BCUT2D eigenvalue weighted by Gasteiger charge is -2.36. The molecule has 1 aliphatic heterocycles. The van der Waals surface area contributed by atoms with E-state index in [-0.39, 0.29) is 0 Å². The Kier molecular flexibility index (Phi) is 4.11. The fourth-order valence-corrected chi connectivity index (χ4v) is 4.81. The molecule has 1 fully saturated rings. The number of benzene rings is 4. The molecule has 1 saturated heterocycles. The van der Waals surface area contributed by atoms with Crippen LogP contribution >= 0.6 is 0 Å². The van der Waals surface area contributed by atoms with Crippen molar-refractivity contribution in [3.8, 4) is 0 Å². The van der Waals surface area contributed by atoms with Gasteiger partial charge in [0.2, 0.25) is 0 Å². The average Bonchev–Trinajstić information content (AvgIpc) is 2.71. The van der Waals surface area contributed by atoms with E-state index in [2.05, 4.69) is 78.3 Å². The van der Waals surface area contributed by atoms with E-state index in [1.165, 1.54) is 43.5 Å². The van der Waals surface area contributed by atoms with Gasteiger partial charge in [0.25, 0.3) is 0 Å². The minimum absolute atomic E-state index is 0.397. The fraction of sp³-hybridized carbons (Fsp3) is 0.280. The van der Waals surface area contributed by atoms with Crippen LogP contribution in [-0.2, 0) is 0 Å². The van der Waals surface area contributed by atoms with Gasteiger partial charge in [-0.05, 0) is 51.2 Å². The van der Waals surface area contributed by atoms with Crippen LogP contribution in [0.1, 0.15) is 24.9 Å². The Labute approximate surface area is 160 Å². The highest BCUT2D eigenvalue weighted by Crippen LogP contribution is 2.40. The van der Waals surface area contributed by atoms with E-state index in [9.17, 15) is 0 Å². The second-order valence-corrected chi connectivity index (χ2v) is 7.97. The zero-order valence-corrected chi connectivity index (χ0v) is 16.0. The maximum atomic E-state index is 4.23. The molecule has 0 aromatic heterocycles. The Morgan fingerprint density at radius 2 is 1.56 bits per heavy atom. The molecule has 4 aromatic rings. The average molecular weight is 354 g/mol. The van der Waals surface area contributed by atoms with Gasteiger partial charge in [0.1, 0.15) is 0 Å². The monoisotopic (exact) mass is 354 g/mol. The van der Waals surface area contributed by atoms with Crippen molar-refractivity contribution < 1.29 is 0 Å². The predicted molar refractivity (Wildman–Crippen MR) is 117 cm³/mol. The zero-order chi connectivity index (χ0) is 18.4. The van der Waals surface area contributed by atoms with Crippen LogP contribution in [0.5, 0.6) is 0 Å². The molecule has 4 aromatic carbocycles. The summed E-state index contributed by atoms with van der Waals surface area (Å²) in [5, 5.41) is 11.7. The van der Waals surface area contributed by atoms with Crippen LogP contribution in [0.15, 0.2) is 66.7 Å². The van der Waals surface area contributed by atoms with Crippen molar-refractivity contribution >= 4 is 32.3 Å². The van der Waals surface area contributed by atoms with Gasteiger partial charge in [-0.3, -0.25) is 4.90 Å². The molecule has 0 saturated carbocycles. The summed E-state index contributed by atoms with van der Waals surface area (Å²) in [6, 6.07) is 20.9. The number of nitrogens with one attached hydrogen (secondary N) is 1. The number of rotatable bonds is 4. The normalized spacial score (nSPS) is 17.1. The standard InChI is InChI=1S/C25H26N2/c1-17(2)16-23(27-14-12-26-13-15-27)21-10-8-20-7-6-18-4-3-5-19-9-11-22(21)25(20)24(18)19/h3-11,23,26H,1,12-16H2,2H3/t23-/m1/s1. The molecular formula is C25H26N2. The molecule has 136 valence electrons. The molecule has 27 heavy (non-hydrogen) atoms. The molecule has 1 aliphatic rings. The van der Waals surface area contributed by atoms with Crippen molar-refractivity contribution in [1.82, 2.24) is 10.2 Å². The summed E-state index contributed by atoms with van der Waals surface area (Å²) >= 11 is 0. The van der Waals surface area contributed by atoms with Crippen molar-refractivity contribution in [3.05, 3.63) is 72.3 Å². The number of nitrogens with zero attached hydrogens (tertiary/aromatic N) is 1. The van der Waals surface area contributed by atoms with E-state index in [4.69, 9.17) is 0 Å². The first-order valence-electron chi connectivity index (χ1n) is 9.98. The second-order valence-electron chi connectivity index (χ2n) is 7.97. The van der Waals surface area contributed by atoms with Crippen LogP contribution in [0.2, 0.25) is 0 Å². The summed E-state index contributed by atoms with van der Waals surface area (Å²) in [4.78, 5) is 2.64. The summed E-state index contributed by atoms with van der Waals surface area (Å²) in [5.74, 6) is 0. The lowest BCUT2D eigenvalue weighted by Crippen LogP contribution is -2.45. The van der Waals surface area contributed by atoms with E-state index >= 15 is 0 Å². The van der Waals surface area contributed by atoms with Gasteiger partial charge in [-0.25, -0.2) is 0 Å². The highest BCUT2D eigenvalue weighted by Gasteiger charge is 2.24. The Bertz CT molecular complexity index is 1110. The molecule has 0 bridgehead atoms. The van der Waals surface area contributed by atoms with Crippen LogP contribution < -0.4 is 5.32 Å². The lowest BCUT2D eigenvalue weighted by molar-refractivity contribution is 0.173. The van der Waals surface area contributed by atoms with E-state index in [1.807, 2.05) is 0 Å². The number of hydrogen-bond acceptors (Lipinski definition) is 2. The first kappa shape index (κ1) is 16.7. The third kappa shape index (κ3) is 2.80. The van der Waals surface area contributed by atoms with Crippen molar-refractivity contribution in [2.45, 2.75) is 19.4 Å². The van der Waals surface area contributed by atoms with Crippen molar-refractivity contribution in [1.29, 1.82) is 0 Å². The summed E-state index contributed by atoms with van der Waals surface area (Å²) < 4.78 is 0. The maximum Gasteiger partial charge on any atom is 0.0392 e. The van der Waals surface area contributed by atoms with Crippen molar-refractivity contribution in [2.75, 3.05) is 26.2 Å². The molecule has 1 heterocycles. The number of piperazine rings is 1. The molecule has 1 atom stereocenters.